The van der Waals surface area contributed by atoms with Crippen LogP contribution in [0.3, 0.4) is 0 Å². The topological polar surface area (TPSA) is 20.3 Å². The van der Waals surface area contributed by atoms with Gasteiger partial charge in [-0.15, -0.1) is 0 Å². The van der Waals surface area contributed by atoms with Crippen LogP contribution in [0.4, 0.5) is 8.78 Å². The lowest BCUT2D eigenvalue weighted by Gasteiger charge is -2.34. The Hall–Kier alpha value is -1.59. The maximum Gasteiger partial charge on any atom is 0.233 e. The number of hydrogen-bond acceptors (Lipinski definition) is 2. The van der Waals surface area contributed by atoms with E-state index in [2.05, 4.69) is 0 Å². The highest BCUT2D eigenvalue weighted by atomic mass is 35.5. The van der Waals surface area contributed by atoms with Gasteiger partial charge in [0, 0.05) is 34.7 Å². The molecule has 2 nitrogen and oxygen atoms in total. The summed E-state index contributed by atoms with van der Waals surface area (Å²) in [6.07, 6.45) is 4.38. The summed E-state index contributed by atoms with van der Waals surface area (Å²) in [6.45, 7) is 1.19. The van der Waals surface area contributed by atoms with E-state index in [4.69, 9.17) is 11.6 Å². The summed E-state index contributed by atoms with van der Waals surface area (Å²) in [6, 6.07) is 11.3. The molecule has 1 unspecified atom stereocenters. The van der Waals surface area contributed by atoms with Crippen molar-refractivity contribution in [3.05, 3.63) is 70.2 Å². The largest absolute Gasteiger partial charge is 0.341 e. The van der Waals surface area contributed by atoms with E-state index in [1.165, 1.54) is 12.1 Å². The van der Waals surface area contributed by atoms with E-state index < -0.39 is 11.2 Å². The van der Waals surface area contributed by atoms with Gasteiger partial charge in [0.15, 0.2) is 0 Å². The monoisotopic (exact) mass is 435 g/mol. The normalized spacial score (nSPS) is 21.8. The van der Waals surface area contributed by atoms with Crippen molar-refractivity contribution >= 4 is 29.3 Å². The number of carbonyl (C=O) groups excluding carboxylic acids is 1. The van der Waals surface area contributed by atoms with E-state index in [9.17, 15) is 13.6 Å². The molecule has 1 heterocycles. The van der Waals surface area contributed by atoms with Crippen molar-refractivity contribution in [1.82, 2.24) is 4.90 Å². The Bertz CT molecular complexity index is 883. The van der Waals surface area contributed by atoms with Crippen molar-refractivity contribution in [3.8, 4) is 0 Å². The lowest BCUT2D eigenvalue weighted by Crippen LogP contribution is -2.46. The minimum atomic E-state index is -0.487. The van der Waals surface area contributed by atoms with Crippen LogP contribution in [0.25, 0.3) is 0 Å². The molecule has 2 aliphatic rings. The smallest absolute Gasteiger partial charge is 0.233 e. The first-order valence-electron chi connectivity index (χ1n) is 10.1. The molecule has 1 amide bonds. The summed E-state index contributed by atoms with van der Waals surface area (Å²) in [4.78, 5) is 15.6. The maximum atomic E-state index is 14.2. The average molecular weight is 436 g/mol. The summed E-state index contributed by atoms with van der Waals surface area (Å²) in [5.74, 6) is 0.0745. The second kappa shape index (κ2) is 8.65. The summed E-state index contributed by atoms with van der Waals surface area (Å²) in [5.41, 5.74) is 0.950. The van der Waals surface area contributed by atoms with Gasteiger partial charge in [0.2, 0.25) is 5.91 Å². The Morgan fingerprint density at radius 1 is 1.07 bits per heavy atom. The molecule has 6 heteroatoms. The van der Waals surface area contributed by atoms with Gasteiger partial charge in [-0.2, -0.15) is 11.8 Å². The maximum absolute atomic E-state index is 14.2. The summed E-state index contributed by atoms with van der Waals surface area (Å²) in [5, 5.41) is 0.527. The van der Waals surface area contributed by atoms with Gasteiger partial charge in [-0.25, -0.2) is 8.78 Å². The first-order chi connectivity index (χ1) is 14.0. The third kappa shape index (κ3) is 4.17. The number of nitrogens with zero attached hydrogens (tertiary/aromatic N) is 1. The van der Waals surface area contributed by atoms with E-state index in [0.29, 0.717) is 35.8 Å². The number of rotatable bonds is 3. The minimum Gasteiger partial charge on any atom is -0.341 e. The number of benzene rings is 2. The van der Waals surface area contributed by atoms with Crippen LogP contribution >= 0.6 is 23.4 Å². The molecule has 1 saturated carbocycles. The second-order valence-corrected chi connectivity index (χ2v) is 9.65. The molecule has 0 radical (unpaired) electrons. The highest BCUT2D eigenvalue weighted by Crippen LogP contribution is 2.44. The van der Waals surface area contributed by atoms with Gasteiger partial charge in [-0.05, 0) is 55.2 Å². The van der Waals surface area contributed by atoms with Crippen LogP contribution in [0.5, 0.6) is 0 Å². The van der Waals surface area contributed by atoms with Gasteiger partial charge in [0.25, 0.3) is 0 Å². The van der Waals surface area contributed by atoms with E-state index in [1.54, 1.807) is 11.8 Å². The van der Waals surface area contributed by atoms with Crippen LogP contribution in [-0.4, -0.2) is 29.6 Å². The third-order valence-corrected chi connectivity index (χ3v) is 7.76. The van der Waals surface area contributed by atoms with Crippen molar-refractivity contribution in [2.24, 2.45) is 0 Å². The summed E-state index contributed by atoms with van der Waals surface area (Å²) in [7, 11) is 0. The Morgan fingerprint density at radius 3 is 2.52 bits per heavy atom. The zero-order chi connectivity index (χ0) is 20.4. The SMILES string of the molecule is O=C(N1CCSC(c2cc(F)ccc2F)CC1)C1(c2ccc(Cl)cc2)CCCC1. The van der Waals surface area contributed by atoms with E-state index >= 15 is 0 Å². The van der Waals surface area contributed by atoms with Crippen LogP contribution in [0.2, 0.25) is 5.02 Å². The molecule has 2 aromatic carbocycles. The first-order valence-corrected chi connectivity index (χ1v) is 11.5. The van der Waals surface area contributed by atoms with Gasteiger partial charge in [0.05, 0.1) is 5.41 Å². The van der Waals surface area contributed by atoms with Gasteiger partial charge in [0.1, 0.15) is 11.6 Å². The van der Waals surface area contributed by atoms with Crippen LogP contribution in [0.1, 0.15) is 48.5 Å². The summed E-state index contributed by atoms with van der Waals surface area (Å²) < 4.78 is 27.9. The summed E-state index contributed by atoms with van der Waals surface area (Å²) >= 11 is 7.66. The van der Waals surface area contributed by atoms with Crippen LogP contribution in [0.15, 0.2) is 42.5 Å². The molecule has 0 spiro atoms. The first kappa shape index (κ1) is 20.7. The molecular weight excluding hydrogens is 412 g/mol. The van der Waals surface area contributed by atoms with Crippen LogP contribution in [-0.2, 0) is 10.2 Å². The zero-order valence-corrected chi connectivity index (χ0v) is 17.7. The van der Waals surface area contributed by atoms with Crippen molar-refractivity contribution in [2.45, 2.75) is 42.8 Å². The lowest BCUT2D eigenvalue weighted by molar-refractivity contribution is -0.137. The third-order valence-electron chi connectivity index (χ3n) is 6.20. The Morgan fingerprint density at radius 2 is 1.79 bits per heavy atom. The molecule has 2 fully saturated rings. The second-order valence-electron chi connectivity index (χ2n) is 7.90. The predicted octanol–water partition coefficient (Wildman–Crippen LogP) is 6.14. The molecule has 1 atom stereocenters. The van der Waals surface area contributed by atoms with Crippen LogP contribution in [0, 0.1) is 11.6 Å². The highest BCUT2D eigenvalue weighted by Gasteiger charge is 2.45. The average Bonchev–Trinajstić information content (AvgIpc) is 3.09. The predicted molar refractivity (Wildman–Crippen MR) is 114 cm³/mol. The van der Waals surface area contributed by atoms with E-state index in [0.717, 1.165) is 37.3 Å². The fourth-order valence-corrected chi connectivity index (χ4v) is 6.03. The molecule has 0 N–H and O–H groups in total. The zero-order valence-electron chi connectivity index (χ0n) is 16.2. The fraction of sp³-hybridized carbons (Fsp3) is 0.435. The lowest BCUT2D eigenvalue weighted by atomic mass is 9.77. The highest BCUT2D eigenvalue weighted by molar-refractivity contribution is 7.99. The number of amides is 1. The number of thioether (sulfide) groups is 1. The molecule has 2 aromatic rings. The molecule has 1 aliphatic heterocycles. The molecule has 4 rings (SSSR count). The van der Waals surface area contributed by atoms with Crippen molar-refractivity contribution in [1.29, 1.82) is 0 Å². The molecule has 154 valence electrons. The van der Waals surface area contributed by atoms with Crippen molar-refractivity contribution in [2.75, 3.05) is 18.8 Å². The standard InChI is InChI=1S/C23H24ClF2NOS/c24-17-5-3-16(4-6-17)23(10-1-2-11-23)22(28)27-12-9-21(29-14-13-27)19-15-18(25)7-8-20(19)26/h3-8,15,21H,1-2,9-14H2. The quantitative estimate of drug-likeness (QED) is 0.577. The van der Waals surface area contributed by atoms with Crippen LogP contribution < -0.4 is 0 Å². The number of hydrogen-bond donors (Lipinski definition) is 0. The van der Waals surface area contributed by atoms with Gasteiger partial charge < -0.3 is 4.90 Å². The molecule has 1 aliphatic carbocycles. The molecule has 29 heavy (non-hydrogen) atoms. The molecule has 0 aromatic heterocycles. The number of halogens is 3. The Balaban J connectivity index is 1.54. The molecule has 0 bridgehead atoms. The van der Waals surface area contributed by atoms with Gasteiger partial charge in [-0.3, -0.25) is 4.79 Å². The van der Waals surface area contributed by atoms with Crippen molar-refractivity contribution < 1.29 is 13.6 Å². The Kier molecular flexibility index (Phi) is 6.16. The molecule has 1 saturated heterocycles. The van der Waals surface area contributed by atoms with Crippen molar-refractivity contribution in [3.63, 3.8) is 0 Å². The molecular formula is C23H24ClF2NOS. The minimum absolute atomic E-state index is 0.140. The van der Waals surface area contributed by atoms with Gasteiger partial charge >= 0.3 is 0 Å². The number of carbonyl (C=O) groups is 1. The van der Waals surface area contributed by atoms with Gasteiger partial charge in [-0.1, -0.05) is 36.6 Å². The fourth-order valence-electron chi connectivity index (χ4n) is 4.66. The van der Waals surface area contributed by atoms with E-state index in [-0.39, 0.29) is 17.0 Å². The Labute approximate surface area is 179 Å². The van der Waals surface area contributed by atoms with E-state index in [1.807, 2.05) is 29.2 Å².